The lowest BCUT2D eigenvalue weighted by Crippen LogP contribution is -1.96. The van der Waals surface area contributed by atoms with Crippen molar-refractivity contribution in [3.8, 4) is 61.8 Å². The van der Waals surface area contributed by atoms with E-state index in [0.717, 1.165) is 77.9 Å². The maximum Gasteiger partial charge on any atom is 0.160 e. The minimum Gasteiger partial charge on any atom is -0.456 e. The highest BCUT2D eigenvalue weighted by Crippen LogP contribution is 2.44. The molecular weight excluding hydrogens is 787 g/mol. The van der Waals surface area contributed by atoms with Crippen LogP contribution in [0.3, 0.4) is 0 Å². The molecule has 0 saturated carbocycles. The molecule has 0 bridgehead atoms. The summed E-state index contributed by atoms with van der Waals surface area (Å²) in [4.78, 5) is 10.5. The summed E-state index contributed by atoms with van der Waals surface area (Å²) >= 11 is 1.86. The molecule has 0 unspecified atom stereocenters. The summed E-state index contributed by atoms with van der Waals surface area (Å²) in [7, 11) is 0. The quantitative estimate of drug-likeness (QED) is 0.168. The number of fused-ring (bicyclic) bond motifs is 9. The van der Waals surface area contributed by atoms with Crippen molar-refractivity contribution in [2.45, 2.75) is 0 Å². The first-order valence-corrected chi connectivity index (χ1v) is 22.0. The second kappa shape index (κ2) is 14.2. The Morgan fingerprint density at radius 2 is 1.03 bits per heavy atom. The molecular formula is C58H35N3OS. The summed E-state index contributed by atoms with van der Waals surface area (Å²) in [6.45, 7) is 0. The zero-order valence-electron chi connectivity index (χ0n) is 33.9. The maximum absolute atomic E-state index is 7.04. The molecule has 0 aliphatic rings. The third-order valence-electron chi connectivity index (χ3n) is 12.4. The van der Waals surface area contributed by atoms with Crippen molar-refractivity contribution in [2.24, 2.45) is 0 Å². The second-order valence-electron chi connectivity index (χ2n) is 16.1. The molecule has 4 nitrogen and oxygen atoms in total. The highest BCUT2D eigenvalue weighted by molar-refractivity contribution is 7.25. The summed E-state index contributed by atoms with van der Waals surface area (Å²) < 4.78 is 12.0. The molecule has 5 heteroatoms. The summed E-state index contributed by atoms with van der Waals surface area (Å²) in [6.07, 6.45) is 0. The van der Waals surface area contributed by atoms with Gasteiger partial charge in [-0.3, -0.25) is 0 Å². The van der Waals surface area contributed by atoms with Gasteiger partial charge < -0.3 is 8.98 Å². The van der Waals surface area contributed by atoms with Crippen molar-refractivity contribution < 1.29 is 4.42 Å². The van der Waals surface area contributed by atoms with Gasteiger partial charge in [-0.1, -0.05) is 146 Å². The Hall–Kier alpha value is -8.12. The molecule has 63 heavy (non-hydrogen) atoms. The second-order valence-corrected chi connectivity index (χ2v) is 17.2. The zero-order valence-corrected chi connectivity index (χ0v) is 34.7. The van der Waals surface area contributed by atoms with E-state index in [1.807, 2.05) is 35.6 Å². The fourth-order valence-electron chi connectivity index (χ4n) is 9.43. The highest BCUT2D eigenvalue weighted by Gasteiger charge is 2.21. The maximum atomic E-state index is 7.04. The van der Waals surface area contributed by atoms with Crippen LogP contribution in [0.4, 0.5) is 0 Å². The minimum atomic E-state index is 0.672. The number of thiophene rings is 1. The molecule has 0 radical (unpaired) electrons. The summed E-state index contributed by atoms with van der Waals surface area (Å²) in [5, 5.41) is 7.09. The zero-order chi connectivity index (χ0) is 41.4. The first kappa shape index (κ1) is 35.6. The first-order chi connectivity index (χ1) is 31.2. The van der Waals surface area contributed by atoms with Crippen LogP contribution in [0.1, 0.15) is 0 Å². The van der Waals surface area contributed by atoms with Crippen molar-refractivity contribution in [3.05, 3.63) is 212 Å². The molecule has 4 heterocycles. The topological polar surface area (TPSA) is 43.9 Å². The van der Waals surface area contributed by atoms with Gasteiger partial charge in [0.15, 0.2) is 5.82 Å². The number of para-hydroxylation sites is 1. The molecule has 13 rings (SSSR count). The van der Waals surface area contributed by atoms with Crippen LogP contribution in [-0.2, 0) is 0 Å². The van der Waals surface area contributed by atoms with Crippen LogP contribution in [-0.4, -0.2) is 14.5 Å². The standard InChI is InChI=1S/C58H35N3OS/c1-4-15-36(16-5-1)39-21-14-22-40(29-39)41-30-48(50-35-49(37-17-6-2-7-18-37)59-58(60-50)38-19-8-3-9-20-38)57-45-28-27-42(32-53(45)62-54(57)31-41)61-51-25-12-10-23-43(51)46-34-56-47(33-52(46)61)44-24-11-13-26-55(44)63-56/h1-35H. The molecule has 0 aliphatic carbocycles. The van der Waals surface area contributed by atoms with Gasteiger partial charge in [0.2, 0.25) is 0 Å². The largest absolute Gasteiger partial charge is 0.456 e. The van der Waals surface area contributed by atoms with E-state index in [0.29, 0.717) is 5.82 Å². The molecule has 0 aliphatic heterocycles. The Balaban J connectivity index is 1.06. The highest BCUT2D eigenvalue weighted by atomic mass is 32.1. The van der Waals surface area contributed by atoms with E-state index in [2.05, 4.69) is 193 Å². The van der Waals surface area contributed by atoms with Gasteiger partial charge in [0.25, 0.3) is 0 Å². The SMILES string of the molecule is c1ccc(-c2cccc(-c3cc(-c4cc(-c5ccccc5)nc(-c5ccccc5)n4)c4c(c3)oc3cc(-n5c6ccccc6c6cc7sc8ccccc8c7cc65)ccc34)c2)cc1. The monoisotopic (exact) mass is 821 g/mol. The Morgan fingerprint density at radius 1 is 0.365 bits per heavy atom. The fourth-order valence-corrected chi connectivity index (χ4v) is 10.6. The molecule has 9 aromatic carbocycles. The smallest absolute Gasteiger partial charge is 0.160 e. The third kappa shape index (κ3) is 5.89. The summed E-state index contributed by atoms with van der Waals surface area (Å²) in [6, 6.07) is 75.4. The number of hydrogen-bond donors (Lipinski definition) is 0. The van der Waals surface area contributed by atoms with Crippen molar-refractivity contribution in [1.29, 1.82) is 0 Å². The average Bonchev–Trinajstić information content (AvgIpc) is 4.02. The number of aromatic nitrogens is 3. The van der Waals surface area contributed by atoms with E-state index in [1.54, 1.807) is 0 Å². The molecule has 0 fully saturated rings. The lowest BCUT2D eigenvalue weighted by atomic mass is 9.94. The van der Waals surface area contributed by atoms with Crippen LogP contribution >= 0.6 is 11.3 Å². The van der Waals surface area contributed by atoms with Crippen LogP contribution in [0.15, 0.2) is 217 Å². The normalized spacial score (nSPS) is 11.8. The molecule has 0 N–H and O–H groups in total. The van der Waals surface area contributed by atoms with Crippen molar-refractivity contribution in [3.63, 3.8) is 0 Å². The van der Waals surface area contributed by atoms with Gasteiger partial charge in [-0.2, -0.15) is 0 Å². The third-order valence-corrected chi connectivity index (χ3v) is 13.5. The van der Waals surface area contributed by atoms with Gasteiger partial charge in [0.05, 0.1) is 22.4 Å². The molecule has 13 aromatic rings. The van der Waals surface area contributed by atoms with Crippen molar-refractivity contribution in [2.75, 3.05) is 0 Å². The van der Waals surface area contributed by atoms with E-state index < -0.39 is 0 Å². The average molecular weight is 822 g/mol. The van der Waals surface area contributed by atoms with Crippen LogP contribution in [0.5, 0.6) is 0 Å². The Kier molecular flexibility index (Phi) is 8.05. The van der Waals surface area contributed by atoms with E-state index >= 15 is 0 Å². The predicted molar refractivity (Wildman–Crippen MR) is 264 cm³/mol. The van der Waals surface area contributed by atoms with Gasteiger partial charge in [-0.25, -0.2) is 9.97 Å². The van der Waals surface area contributed by atoms with E-state index in [1.165, 1.54) is 42.0 Å². The summed E-state index contributed by atoms with van der Waals surface area (Å²) in [5.41, 5.74) is 14.1. The molecule has 0 saturated heterocycles. The predicted octanol–water partition coefficient (Wildman–Crippen LogP) is 16.2. The molecule has 294 valence electrons. The molecule has 0 atom stereocenters. The number of nitrogens with zero attached hydrogens (tertiary/aromatic N) is 3. The van der Waals surface area contributed by atoms with Gasteiger partial charge in [0, 0.05) is 70.2 Å². The van der Waals surface area contributed by atoms with E-state index in [4.69, 9.17) is 14.4 Å². The Bertz CT molecular complexity index is 3840. The van der Waals surface area contributed by atoms with Crippen LogP contribution in [0, 0.1) is 0 Å². The first-order valence-electron chi connectivity index (χ1n) is 21.2. The van der Waals surface area contributed by atoms with Crippen LogP contribution in [0.2, 0.25) is 0 Å². The Morgan fingerprint density at radius 3 is 1.84 bits per heavy atom. The van der Waals surface area contributed by atoms with Crippen molar-refractivity contribution in [1.82, 2.24) is 14.5 Å². The Labute approximate surface area is 366 Å². The van der Waals surface area contributed by atoms with Crippen LogP contribution < -0.4 is 0 Å². The van der Waals surface area contributed by atoms with Gasteiger partial charge in [-0.15, -0.1) is 11.3 Å². The van der Waals surface area contributed by atoms with Crippen molar-refractivity contribution >= 4 is 75.3 Å². The lowest BCUT2D eigenvalue weighted by Gasteiger charge is -2.13. The number of hydrogen-bond acceptors (Lipinski definition) is 4. The lowest BCUT2D eigenvalue weighted by molar-refractivity contribution is 0.669. The molecule has 0 spiro atoms. The van der Waals surface area contributed by atoms with Crippen LogP contribution in [0.25, 0.3) is 126 Å². The van der Waals surface area contributed by atoms with E-state index in [9.17, 15) is 0 Å². The fraction of sp³-hybridized carbons (Fsp3) is 0. The van der Waals surface area contributed by atoms with E-state index in [-0.39, 0.29) is 0 Å². The molecule has 4 aromatic heterocycles. The van der Waals surface area contributed by atoms with Gasteiger partial charge >= 0.3 is 0 Å². The minimum absolute atomic E-state index is 0.672. The number of furan rings is 1. The summed E-state index contributed by atoms with van der Waals surface area (Å²) in [5.74, 6) is 0.672. The number of rotatable bonds is 6. The van der Waals surface area contributed by atoms with Gasteiger partial charge in [-0.05, 0) is 82.9 Å². The molecule has 0 amide bonds. The van der Waals surface area contributed by atoms with Gasteiger partial charge in [0.1, 0.15) is 11.2 Å². The number of benzene rings is 9.